The molecule has 0 saturated carbocycles. The van der Waals surface area contributed by atoms with Gasteiger partial charge in [-0.1, -0.05) is 0 Å². The molecule has 6 heteroatoms. The van der Waals surface area contributed by atoms with Gasteiger partial charge in [0.05, 0.1) is 5.69 Å². The first-order valence-corrected chi connectivity index (χ1v) is 8.17. The van der Waals surface area contributed by atoms with E-state index in [1.54, 1.807) is 6.20 Å². The number of halogens is 1. The molecule has 1 saturated heterocycles. The quantitative estimate of drug-likeness (QED) is 0.915. The largest absolute Gasteiger partial charge is 0.355 e. The van der Waals surface area contributed by atoms with Crippen LogP contribution in [0.15, 0.2) is 34.2 Å². The molecular weight excluding hydrogens is 338 g/mol. The van der Waals surface area contributed by atoms with Crippen LogP contribution < -0.4 is 10.2 Å². The summed E-state index contributed by atoms with van der Waals surface area (Å²) in [7, 11) is 0. The number of anilines is 2. The number of rotatable bonds is 3. The Morgan fingerprint density at radius 3 is 2.85 bits per heavy atom. The SMILES string of the molecule is O=C(Nc1cccnc1N1CCCC1)c1sccc1Br. The Labute approximate surface area is 130 Å². The number of hydrogen-bond donors (Lipinski definition) is 1. The molecule has 1 aliphatic heterocycles. The summed E-state index contributed by atoms with van der Waals surface area (Å²) in [6.07, 6.45) is 4.13. The molecule has 1 amide bonds. The minimum atomic E-state index is -0.0969. The van der Waals surface area contributed by atoms with Gasteiger partial charge >= 0.3 is 0 Å². The van der Waals surface area contributed by atoms with Crippen LogP contribution in [0, 0.1) is 0 Å². The summed E-state index contributed by atoms with van der Waals surface area (Å²) in [6, 6.07) is 5.63. The molecule has 0 radical (unpaired) electrons. The first kappa shape index (κ1) is 13.6. The third-order valence-electron chi connectivity index (χ3n) is 3.26. The number of carbonyl (C=O) groups excluding carboxylic acids is 1. The van der Waals surface area contributed by atoms with Gasteiger partial charge in [-0.15, -0.1) is 11.3 Å². The number of carbonyl (C=O) groups is 1. The summed E-state index contributed by atoms with van der Waals surface area (Å²) < 4.78 is 0.826. The summed E-state index contributed by atoms with van der Waals surface area (Å²) in [5.74, 6) is 0.770. The monoisotopic (exact) mass is 351 g/mol. The smallest absolute Gasteiger partial charge is 0.266 e. The van der Waals surface area contributed by atoms with Gasteiger partial charge in [0, 0.05) is 23.8 Å². The molecule has 20 heavy (non-hydrogen) atoms. The highest BCUT2D eigenvalue weighted by molar-refractivity contribution is 9.10. The van der Waals surface area contributed by atoms with E-state index in [9.17, 15) is 4.79 Å². The van der Waals surface area contributed by atoms with Gasteiger partial charge in [0.2, 0.25) is 0 Å². The van der Waals surface area contributed by atoms with Gasteiger partial charge in [-0.2, -0.15) is 0 Å². The molecular formula is C14H14BrN3OS. The number of thiophene rings is 1. The van der Waals surface area contributed by atoms with E-state index in [1.165, 1.54) is 24.2 Å². The molecule has 2 aromatic rings. The lowest BCUT2D eigenvalue weighted by Gasteiger charge is -2.19. The van der Waals surface area contributed by atoms with Crippen molar-refractivity contribution in [3.63, 3.8) is 0 Å². The summed E-state index contributed by atoms with van der Waals surface area (Å²) in [4.78, 5) is 19.6. The molecule has 3 heterocycles. The second kappa shape index (κ2) is 5.93. The van der Waals surface area contributed by atoms with E-state index >= 15 is 0 Å². The van der Waals surface area contributed by atoms with Crippen LogP contribution in [-0.2, 0) is 0 Å². The fourth-order valence-corrected chi connectivity index (χ4v) is 3.76. The van der Waals surface area contributed by atoms with E-state index in [2.05, 4.69) is 31.1 Å². The summed E-state index contributed by atoms with van der Waals surface area (Å²) in [5, 5.41) is 4.86. The number of nitrogens with one attached hydrogen (secondary N) is 1. The Balaban J connectivity index is 1.84. The molecule has 1 N–H and O–H groups in total. The Morgan fingerprint density at radius 2 is 2.15 bits per heavy atom. The number of aromatic nitrogens is 1. The van der Waals surface area contributed by atoms with Crippen LogP contribution in [0.2, 0.25) is 0 Å². The molecule has 4 nitrogen and oxygen atoms in total. The minimum Gasteiger partial charge on any atom is -0.355 e. The van der Waals surface area contributed by atoms with E-state index in [0.717, 1.165) is 29.1 Å². The van der Waals surface area contributed by atoms with Crippen molar-refractivity contribution in [2.45, 2.75) is 12.8 Å². The van der Waals surface area contributed by atoms with Crippen molar-refractivity contribution in [2.24, 2.45) is 0 Å². The molecule has 3 rings (SSSR count). The van der Waals surface area contributed by atoms with Crippen LogP contribution in [0.5, 0.6) is 0 Å². The highest BCUT2D eigenvalue weighted by atomic mass is 79.9. The van der Waals surface area contributed by atoms with Crippen molar-refractivity contribution >= 4 is 44.7 Å². The zero-order valence-corrected chi connectivity index (χ0v) is 13.2. The van der Waals surface area contributed by atoms with Crippen LogP contribution >= 0.6 is 27.3 Å². The van der Waals surface area contributed by atoms with Crippen LogP contribution in [0.3, 0.4) is 0 Å². The first-order chi connectivity index (χ1) is 9.75. The highest BCUT2D eigenvalue weighted by Crippen LogP contribution is 2.28. The van der Waals surface area contributed by atoms with E-state index in [1.807, 2.05) is 23.6 Å². The Kier molecular flexibility index (Phi) is 4.03. The number of amides is 1. The second-order valence-electron chi connectivity index (χ2n) is 4.62. The molecule has 104 valence electrons. The molecule has 2 aromatic heterocycles. The summed E-state index contributed by atoms with van der Waals surface area (Å²) >= 11 is 4.81. The molecule has 1 fully saturated rings. The lowest BCUT2D eigenvalue weighted by molar-refractivity contribution is 0.103. The van der Waals surface area contributed by atoms with Crippen LogP contribution in [0.25, 0.3) is 0 Å². The fourth-order valence-electron chi connectivity index (χ4n) is 2.31. The maximum atomic E-state index is 12.3. The van der Waals surface area contributed by atoms with E-state index in [-0.39, 0.29) is 5.91 Å². The van der Waals surface area contributed by atoms with Crippen LogP contribution in [0.1, 0.15) is 22.5 Å². The zero-order chi connectivity index (χ0) is 13.9. The average molecular weight is 352 g/mol. The number of pyridine rings is 1. The average Bonchev–Trinajstić information content (AvgIpc) is 3.10. The molecule has 0 unspecified atom stereocenters. The van der Waals surface area contributed by atoms with Crippen molar-refractivity contribution < 1.29 is 4.79 Å². The van der Waals surface area contributed by atoms with E-state index in [4.69, 9.17) is 0 Å². The van der Waals surface area contributed by atoms with Crippen molar-refractivity contribution in [1.29, 1.82) is 0 Å². The highest BCUT2D eigenvalue weighted by Gasteiger charge is 2.19. The van der Waals surface area contributed by atoms with Gasteiger partial charge in [0.25, 0.3) is 5.91 Å². The van der Waals surface area contributed by atoms with Gasteiger partial charge in [-0.25, -0.2) is 4.98 Å². The zero-order valence-electron chi connectivity index (χ0n) is 10.8. The standard InChI is InChI=1S/C14H14BrN3OS/c15-10-5-9-20-12(10)14(19)17-11-4-3-6-16-13(11)18-7-1-2-8-18/h3-6,9H,1-2,7-8H2,(H,17,19). The van der Waals surface area contributed by atoms with Crippen LogP contribution in [-0.4, -0.2) is 24.0 Å². The van der Waals surface area contributed by atoms with Crippen molar-refractivity contribution in [3.05, 3.63) is 39.1 Å². The molecule has 1 aliphatic rings. The molecule has 0 atom stereocenters. The molecule has 0 bridgehead atoms. The normalized spacial score (nSPS) is 14.6. The topological polar surface area (TPSA) is 45.2 Å². The Hall–Kier alpha value is -1.40. The van der Waals surface area contributed by atoms with Crippen molar-refractivity contribution in [1.82, 2.24) is 4.98 Å². The Bertz CT molecular complexity index is 622. The third-order valence-corrected chi connectivity index (χ3v) is 5.10. The van der Waals surface area contributed by atoms with Gasteiger partial charge in [-0.05, 0) is 52.4 Å². The maximum absolute atomic E-state index is 12.3. The van der Waals surface area contributed by atoms with Crippen molar-refractivity contribution in [3.8, 4) is 0 Å². The lowest BCUT2D eigenvalue weighted by atomic mass is 10.3. The predicted octanol–water partition coefficient (Wildman–Crippen LogP) is 3.76. The van der Waals surface area contributed by atoms with Crippen molar-refractivity contribution in [2.75, 3.05) is 23.3 Å². The second-order valence-corrected chi connectivity index (χ2v) is 6.39. The minimum absolute atomic E-state index is 0.0969. The van der Waals surface area contributed by atoms with Gasteiger partial charge in [-0.3, -0.25) is 4.79 Å². The maximum Gasteiger partial charge on any atom is 0.266 e. The number of nitrogens with zero attached hydrogens (tertiary/aromatic N) is 2. The molecule has 0 aliphatic carbocycles. The predicted molar refractivity (Wildman–Crippen MR) is 85.7 cm³/mol. The number of hydrogen-bond acceptors (Lipinski definition) is 4. The van der Waals surface area contributed by atoms with Gasteiger partial charge in [0.15, 0.2) is 5.82 Å². The van der Waals surface area contributed by atoms with Gasteiger partial charge in [0.1, 0.15) is 4.88 Å². The van der Waals surface area contributed by atoms with Crippen LogP contribution in [0.4, 0.5) is 11.5 Å². The fraction of sp³-hybridized carbons (Fsp3) is 0.286. The third kappa shape index (κ3) is 2.71. The van der Waals surface area contributed by atoms with Gasteiger partial charge < -0.3 is 10.2 Å². The molecule has 0 spiro atoms. The van der Waals surface area contributed by atoms with E-state index in [0.29, 0.717) is 4.88 Å². The van der Waals surface area contributed by atoms with E-state index < -0.39 is 0 Å². The molecule has 0 aromatic carbocycles. The Morgan fingerprint density at radius 1 is 1.35 bits per heavy atom. The first-order valence-electron chi connectivity index (χ1n) is 6.50. The lowest BCUT2D eigenvalue weighted by Crippen LogP contribution is -2.22. The summed E-state index contributed by atoms with van der Waals surface area (Å²) in [5.41, 5.74) is 0.778. The summed E-state index contributed by atoms with van der Waals surface area (Å²) in [6.45, 7) is 2.01.